The molecular formula is C21H23NO4. The summed E-state index contributed by atoms with van der Waals surface area (Å²) < 4.78 is 5.75. The Balaban J connectivity index is 2.20. The van der Waals surface area contributed by atoms with E-state index in [1.807, 2.05) is 25.1 Å². The summed E-state index contributed by atoms with van der Waals surface area (Å²) in [5.41, 5.74) is 0.918. The van der Waals surface area contributed by atoms with Gasteiger partial charge in [-0.2, -0.15) is 0 Å². The molecule has 1 aliphatic heterocycles. The molecule has 0 bridgehead atoms. The first-order valence-electron chi connectivity index (χ1n) is 8.55. The van der Waals surface area contributed by atoms with Crippen molar-refractivity contribution in [3.8, 4) is 0 Å². The molecule has 1 N–H and O–H groups in total. The summed E-state index contributed by atoms with van der Waals surface area (Å²) >= 11 is 0. The number of aryl methyl sites for hydroxylation is 2. The second kappa shape index (κ2) is 6.16. The van der Waals surface area contributed by atoms with Crippen LogP contribution in [0.1, 0.15) is 43.9 Å². The zero-order valence-electron chi connectivity index (χ0n) is 15.7. The number of hydrogen-bond donors (Lipinski definition) is 1. The van der Waals surface area contributed by atoms with Crippen LogP contribution in [0.25, 0.3) is 0 Å². The SMILES string of the molecule is Cc1cccc(N2C(=O)C(O)=C(C(=O)C(C)(C)C)C2c2ccc(C)o2)c1. The number of rotatable bonds is 3. The molecular weight excluding hydrogens is 330 g/mol. The maximum Gasteiger partial charge on any atom is 0.294 e. The number of nitrogens with zero attached hydrogens (tertiary/aromatic N) is 1. The molecule has 1 aromatic heterocycles. The van der Waals surface area contributed by atoms with Gasteiger partial charge in [0.25, 0.3) is 5.91 Å². The molecule has 1 amide bonds. The van der Waals surface area contributed by atoms with Crippen LogP contribution in [0.15, 0.2) is 52.1 Å². The number of Topliss-reactive ketones (excluding diaryl/α,β-unsaturated/α-hetero) is 1. The number of hydrogen-bond acceptors (Lipinski definition) is 4. The van der Waals surface area contributed by atoms with E-state index in [-0.39, 0.29) is 11.4 Å². The minimum absolute atomic E-state index is 0.0818. The Morgan fingerprint density at radius 1 is 1.15 bits per heavy atom. The average molecular weight is 353 g/mol. The lowest BCUT2D eigenvalue weighted by Gasteiger charge is -2.27. The van der Waals surface area contributed by atoms with Gasteiger partial charge >= 0.3 is 0 Å². The smallest absolute Gasteiger partial charge is 0.294 e. The quantitative estimate of drug-likeness (QED) is 0.887. The summed E-state index contributed by atoms with van der Waals surface area (Å²) in [7, 11) is 0. The van der Waals surface area contributed by atoms with Gasteiger partial charge in [-0.05, 0) is 43.7 Å². The molecule has 1 atom stereocenters. The number of aliphatic hydroxyl groups is 1. The molecule has 1 aromatic carbocycles. The zero-order valence-corrected chi connectivity index (χ0v) is 15.7. The van der Waals surface area contributed by atoms with Crippen LogP contribution < -0.4 is 4.90 Å². The van der Waals surface area contributed by atoms with Gasteiger partial charge in [-0.3, -0.25) is 14.5 Å². The molecule has 1 aliphatic rings. The Morgan fingerprint density at radius 3 is 2.38 bits per heavy atom. The van der Waals surface area contributed by atoms with Gasteiger partial charge in [0, 0.05) is 11.1 Å². The molecule has 1 unspecified atom stereocenters. The molecule has 136 valence electrons. The van der Waals surface area contributed by atoms with E-state index in [0.717, 1.165) is 5.56 Å². The Morgan fingerprint density at radius 2 is 1.85 bits per heavy atom. The predicted molar refractivity (Wildman–Crippen MR) is 99.0 cm³/mol. The Bertz CT molecular complexity index is 914. The molecule has 0 saturated carbocycles. The first-order chi connectivity index (χ1) is 12.1. The number of amides is 1. The fraction of sp³-hybridized carbons (Fsp3) is 0.333. The topological polar surface area (TPSA) is 70.8 Å². The number of carbonyl (C=O) groups excluding carboxylic acids is 2. The maximum absolute atomic E-state index is 13.0. The van der Waals surface area contributed by atoms with E-state index in [2.05, 4.69) is 0 Å². The highest BCUT2D eigenvalue weighted by Crippen LogP contribution is 2.43. The molecule has 0 fully saturated rings. The van der Waals surface area contributed by atoms with Gasteiger partial charge in [0.15, 0.2) is 11.5 Å². The van der Waals surface area contributed by atoms with E-state index in [1.165, 1.54) is 4.90 Å². The van der Waals surface area contributed by atoms with Crippen molar-refractivity contribution in [2.45, 2.75) is 40.7 Å². The molecule has 0 spiro atoms. The van der Waals surface area contributed by atoms with Gasteiger partial charge in [0.2, 0.25) is 0 Å². The van der Waals surface area contributed by atoms with Crippen LogP contribution >= 0.6 is 0 Å². The lowest BCUT2D eigenvalue weighted by atomic mass is 9.83. The predicted octanol–water partition coefficient (Wildman–Crippen LogP) is 4.41. The molecule has 5 nitrogen and oxygen atoms in total. The number of benzene rings is 1. The summed E-state index contributed by atoms with van der Waals surface area (Å²) in [6.07, 6.45) is 0. The lowest BCUT2D eigenvalue weighted by Crippen LogP contribution is -2.32. The first-order valence-corrected chi connectivity index (χ1v) is 8.55. The largest absolute Gasteiger partial charge is 0.503 e. The van der Waals surface area contributed by atoms with Crippen molar-refractivity contribution < 1.29 is 19.1 Å². The maximum atomic E-state index is 13.0. The zero-order chi connectivity index (χ0) is 19.2. The Hall–Kier alpha value is -2.82. The van der Waals surface area contributed by atoms with E-state index in [4.69, 9.17) is 4.42 Å². The normalized spacial score (nSPS) is 18.0. The van der Waals surface area contributed by atoms with Gasteiger partial charge in [0.05, 0.1) is 5.57 Å². The van der Waals surface area contributed by atoms with Crippen molar-refractivity contribution >= 4 is 17.4 Å². The minimum Gasteiger partial charge on any atom is -0.503 e. The van der Waals surface area contributed by atoms with Crippen LogP contribution in [0.3, 0.4) is 0 Å². The molecule has 5 heteroatoms. The molecule has 2 aromatic rings. The molecule has 2 heterocycles. The van der Waals surface area contributed by atoms with Gasteiger partial charge in [-0.25, -0.2) is 0 Å². The lowest BCUT2D eigenvalue weighted by molar-refractivity contribution is -0.123. The summed E-state index contributed by atoms with van der Waals surface area (Å²) in [6, 6.07) is 10.1. The summed E-state index contributed by atoms with van der Waals surface area (Å²) in [4.78, 5) is 27.3. The molecule has 0 radical (unpaired) electrons. The van der Waals surface area contributed by atoms with Gasteiger partial charge in [0.1, 0.15) is 17.6 Å². The third-order valence-corrected chi connectivity index (χ3v) is 4.44. The Labute approximate surface area is 152 Å². The second-order valence-electron chi connectivity index (χ2n) is 7.71. The van der Waals surface area contributed by atoms with Crippen LogP contribution in [-0.2, 0) is 9.59 Å². The summed E-state index contributed by atoms with van der Waals surface area (Å²) in [5, 5.41) is 10.6. The van der Waals surface area contributed by atoms with E-state index in [0.29, 0.717) is 17.2 Å². The van der Waals surface area contributed by atoms with Crippen molar-refractivity contribution in [3.05, 3.63) is 64.8 Å². The molecule has 3 rings (SSSR count). The van der Waals surface area contributed by atoms with E-state index in [9.17, 15) is 14.7 Å². The monoisotopic (exact) mass is 353 g/mol. The third-order valence-electron chi connectivity index (χ3n) is 4.44. The van der Waals surface area contributed by atoms with Crippen molar-refractivity contribution in [3.63, 3.8) is 0 Å². The van der Waals surface area contributed by atoms with Crippen LogP contribution in [0.4, 0.5) is 5.69 Å². The van der Waals surface area contributed by atoms with Crippen LogP contribution in [0.2, 0.25) is 0 Å². The fourth-order valence-corrected chi connectivity index (χ4v) is 3.15. The van der Waals surface area contributed by atoms with Crippen molar-refractivity contribution in [2.75, 3.05) is 4.90 Å². The average Bonchev–Trinajstić information content (AvgIpc) is 3.08. The van der Waals surface area contributed by atoms with Gasteiger partial charge in [-0.15, -0.1) is 0 Å². The number of ketones is 1. The summed E-state index contributed by atoms with van der Waals surface area (Å²) in [5.74, 6) is -0.259. The van der Waals surface area contributed by atoms with Gasteiger partial charge < -0.3 is 9.52 Å². The van der Waals surface area contributed by atoms with Crippen LogP contribution in [0.5, 0.6) is 0 Å². The first kappa shape index (κ1) is 18.0. The van der Waals surface area contributed by atoms with E-state index in [1.54, 1.807) is 45.9 Å². The minimum atomic E-state index is -0.787. The molecule has 0 aliphatic carbocycles. The number of furan rings is 1. The number of carbonyl (C=O) groups is 2. The van der Waals surface area contributed by atoms with Crippen LogP contribution in [0, 0.1) is 19.3 Å². The fourth-order valence-electron chi connectivity index (χ4n) is 3.15. The van der Waals surface area contributed by atoms with E-state index < -0.39 is 23.1 Å². The highest BCUT2D eigenvalue weighted by molar-refractivity contribution is 6.17. The van der Waals surface area contributed by atoms with Crippen molar-refractivity contribution in [1.29, 1.82) is 0 Å². The molecule has 0 saturated heterocycles. The second-order valence-corrected chi connectivity index (χ2v) is 7.71. The van der Waals surface area contributed by atoms with Crippen LogP contribution in [-0.4, -0.2) is 16.8 Å². The number of anilines is 1. The molecule has 26 heavy (non-hydrogen) atoms. The third kappa shape index (κ3) is 2.94. The highest BCUT2D eigenvalue weighted by Gasteiger charge is 2.48. The standard InChI is InChI=1S/C21H23NO4/c1-12-7-6-8-14(11-12)22-17(15-10-9-13(2)26-15)16(18(23)20(22)25)19(24)21(3,4)5/h6-11,17,23H,1-5H3. The Kier molecular flexibility index (Phi) is 4.26. The van der Waals surface area contributed by atoms with E-state index >= 15 is 0 Å². The highest BCUT2D eigenvalue weighted by atomic mass is 16.3. The van der Waals surface area contributed by atoms with Crippen molar-refractivity contribution in [1.82, 2.24) is 0 Å². The number of aliphatic hydroxyl groups excluding tert-OH is 1. The van der Waals surface area contributed by atoms with Gasteiger partial charge in [-0.1, -0.05) is 32.9 Å². The summed E-state index contributed by atoms with van der Waals surface area (Å²) in [6.45, 7) is 9.01. The van der Waals surface area contributed by atoms with Crippen molar-refractivity contribution in [2.24, 2.45) is 5.41 Å².